The van der Waals surface area contributed by atoms with Gasteiger partial charge >= 0.3 is 0 Å². The van der Waals surface area contributed by atoms with Crippen LogP contribution in [0, 0.1) is 10.1 Å². The average molecular weight is 459 g/mol. The standard InChI is InChI=1S/C24H17N3O5S/c1-31-21-12-15(9-10-20(21)32-14-16-5-4-6-17(11-16)27(29)30)13-22-23(28)26-19-8-3-2-7-18(19)25-24(26)33-22/h2-13H,14H2,1H3/b22-13-. The summed E-state index contributed by atoms with van der Waals surface area (Å²) in [5.41, 5.74) is 2.92. The zero-order chi connectivity index (χ0) is 22.9. The highest BCUT2D eigenvalue weighted by Crippen LogP contribution is 2.29. The molecule has 9 heteroatoms. The largest absolute Gasteiger partial charge is 0.493 e. The van der Waals surface area contributed by atoms with Gasteiger partial charge in [-0.25, -0.2) is 9.38 Å². The normalized spacial score (nSPS) is 11.8. The van der Waals surface area contributed by atoms with E-state index in [1.807, 2.05) is 30.3 Å². The maximum Gasteiger partial charge on any atom is 0.274 e. The quantitative estimate of drug-likeness (QED) is 0.282. The summed E-state index contributed by atoms with van der Waals surface area (Å²) in [4.78, 5) is 28.7. The van der Waals surface area contributed by atoms with Crippen molar-refractivity contribution in [2.75, 3.05) is 7.11 Å². The lowest BCUT2D eigenvalue weighted by atomic mass is 10.2. The molecule has 0 N–H and O–H groups in total. The number of ether oxygens (including phenoxy) is 2. The summed E-state index contributed by atoms with van der Waals surface area (Å²) in [7, 11) is 1.53. The Labute approximate surface area is 191 Å². The van der Waals surface area contributed by atoms with Gasteiger partial charge in [0.2, 0.25) is 0 Å². The molecule has 5 aromatic rings. The molecule has 0 aliphatic carbocycles. The van der Waals surface area contributed by atoms with E-state index in [0.29, 0.717) is 26.6 Å². The zero-order valence-corrected chi connectivity index (χ0v) is 18.2. The molecule has 0 saturated heterocycles. The number of methoxy groups -OCH3 is 1. The van der Waals surface area contributed by atoms with E-state index in [1.54, 1.807) is 34.7 Å². The van der Waals surface area contributed by atoms with Crippen molar-refractivity contribution < 1.29 is 14.4 Å². The molecule has 0 fully saturated rings. The number of fused-ring (bicyclic) bond motifs is 3. The van der Waals surface area contributed by atoms with E-state index in [0.717, 1.165) is 16.6 Å². The first-order chi connectivity index (χ1) is 16.0. The fraction of sp³-hybridized carbons (Fsp3) is 0.0833. The first-order valence-electron chi connectivity index (χ1n) is 9.99. The van der Waals surface area contributed by atoms with Crippen molar-refractivity contribution in [3.8, 4) is 11.5 Å². The number of imidazole rings is 1. The van der Waals surface area contributed by atoms with Crippen molar-refractivity contribution in [1.29, 1.82) is 0 Å². The second-order valence-corrected chi connectivity index (χ2v) is 8.27. The number of para-hydroxylation sites is 2. The summed E-state index contributed by atoms with van der Waals surface area (Å²) in [6.45, 7) is 0.154. The summed E-state index contributed by atoms with van der Waals surface area (Å²) in [5.74, 6) is 0.990. The number of hydrogen-bond donors (Lipinski definition) is 0. The minimum absolute atomic E-state index is 0.0107. The lowest BCUT2D eigenvalue weighted by Crippen LogP contribution is -2.22. The van der Waals surface area contributed by atoms with Gasteiger partial charge in [-0.1, -0.05) is 41.7 Å². The number of rotatable bonds is 6. The summed E-state index contributed by atoms with van der Waals surface area (Å²) >= 11 is 1.33. The molecule has 0 aliphatic rings. The highest BCUT2D eigenvalue weighted by molar-refractivity contribution is 7.15. The predicted molar refractivity (Wildman–Crippen MR) is 126 cm³/mol. The van der Waals surface area contributed by atoms with Crippen LogP contribution < -0.4 is 19.6 Å². The van der Waals surface area contributed by atoms with Crippen LogP contribution in [-0.4, -0.2) is 21.4 Å². The molecule has 33 heavy (non-hydrogen) atoms. The second kappa shape index (κ2) is 8.36. The molecule has 8 nitrogen and oxygen atoms in total. The molecular formula is C24H17N3O5S. The van der Waals surface area contributed by atoms with Gasteiger partial charge < -0.3 is 9.47 Å². The number of nitro groups is 1. The van der Waals surface area contributed by atoms with Gasteiger partial charge in [0.1, 0.15) is 6.61 Å². The summed E-state index contributed by atoms with van der Waals surface area (Å²) in [5, 5.41) is 11.0. The topological polar surface area (TPSA) is 96.0 Å². The van der Waals surface area contributed by atoms with Gasteiger partial charge in [0.15, 0.2) is 16.5 Å². The van der Waals surface area contributed by atoms with Gasteiger partial charge in [-0.3, -0.25) is 14.9 Å². The Kier molecular flexibility index (Phi) is 5.23. The van der Waals surface area contributed by atoms with E-state index in [2.05, 4.69) is 4.98 Å². The molecule has 0 bridgehead atoms. The fourth-order valence-corrected chi connectivity index (χ4v) is 4.56. The van der Waals surface area contributed by atoms with Gasteiger partial charge in [-0.05, 0) is 41.5 Å². The fourth-order valence-electron chi connectivity index (χ4n) is 3.58. The third kappa shape index (κ3) is 3.90. The van der Waals surface area contributed by atoms with E-state index in [-0.39, 0.29) is 17.9 Å². The van der Waals surface area contributed by atoms with E-state index >= 15 is 0 Å². The highest BCUT2D eigenvalue weighted by Gasteiger charge is 2.12. The maximum absolute atomic E-state index is 13.0. The predicted octanol–water partition coefficient (Wildman–Crippen LogP) is 3.95. The van der Waals surface area contributed by atoms with E-state index < -0.39 is 4.92 Å². The van der Waals surface area contributed by atoms with E-state index in [4.69, 9.17) is 9.47 Å². The first-order valence-corrected chi connectivity index (χ1v) is 10.8. The van der Waals surface area contributed by atoms with Gasteiger partial charge in [0, 0.05) is 12.1 Å². The zero-order valence-electron chi connectivity index (χ0n) is 17.4. The van der Waals surface area contributed by atoms with Crippen molar-refractivity contribution in [3.63, 3.8) is 0 Å². The molecule has 2 heterocycles. The minimum Gasteiger partial charge on any atom is -0.493 e. The molecule has 0 aliphatic heterocycles. The Hall–Kier alpha value is -4.24. The van der Waals surface area contributed by atoms with Crippen molar-refractivity contribution >= 4 is 39.1 Å². The SMILES string of the molecule is COc1cc(/C=c2\sc3nc4ccccc4n3c2=O)ccc1OCc1cccc([N+](=O)[O-])c1. The molecule has 3 aromatic carbocycles. The molecule has 0 radical (unpaired) electrons. The lowest BCUT2D eigenvalue weighted by molar-refractivity contribution is -0.384. The Balaban J connectivity index is 1.44. The van der Waals surface area contributed by atoms with Crippen LogP contribution in [0.3, 0.4) is 0 Å². The molecular weight excluding hydrogens is 442 g/mol. The molecule has 0 spiro atoms. The minimum atomic E-state index is -0.441. The number of non-ortho nitro benzene ring substituents is 1. The molecule has 5 rings (SSSR count). The van der Waals surface area contributed by atoms with Gasteiger partial charge in [0.05, 0.1) is 27.6 Å². The maximum atomic E-state index is 13.0. The molecule has 164 valence electrons. The Bertz CT molecular complexity index is 1620. The van der Waals surface area contributed by atoms with Crippen LogP contribution in [0.1, 0.15) is 11.1 Å². The second-order valence-electron chi connectivity index (χ2n) is 7.26. The van der Waals surface area contributed by atoms with Crippen LogP contribution in [0.25, 0.3) is 22.1 Å². The Morgan fingerprint density at radius 3 is 2.76 bits per heavy atom. The summed E-state index contributed by atoms with van der Waals surface area (Å²) in [6.07, 6.45) is 1.79. The number of hydrogen-bond acceptors (Lipinski definition) is 7. The molecule has 0 saturated carbocycles. The van der Waals surface area contributed by atoms with Crippen molar-refractivity contribution in [1.82, 2.24) is 9.38 Å². The molecule has 0 atom stereocenters. The first kappa shape index (κ1) is 20.7. The van der Waals surface area contributed by atoms with Crippen molar-refractivity contribution in [3.05, 3.63) is 103 Å². The van der Waals surface area contributed by atoms with Crippen LogP contribution in [0.15, 0.2) is 71.5 Å². The third-order valence-corrected chi connectivity index (χ3v) is 6.12. The number of benzene rings is 3. The Morgan fingerprint density at radius 2 is 1.94 bits per heavy atom. The van der Waals surface area contributed by atoms with Gasteiger partial charge in [0.25, 0.3) is 11.2 Å². The molecule has 0 amide bonds. The monoisotopic (exact) mass is 459 g/mol. The number of nitro benzene ring substituents is 1. The van der Waals surface area contributed by atoms with Crippen LogP contribution in [-0.2, 0) is 6.61 Å². The highest BCUT2D eigenvalue weighted by atomic mass is 32.1. The van der Waals surface area contributed by atoms with E-state index in [1.165, 1.54) is 30.6 Å². The molecule has 2 aromatic heterocycles. The van der Waals surface area contributed by atoms with Gasteiger partial charge in [-0.15, -0.1) is 0 Å². The average Bonchev–Trinajstić information content (AvgIpc) is 3.34. The smallest absolute Gasteiger partial charge is 0.274 e. The summed E-state index contributed by atoms with van der Waals surface area (Å²) < 4.78 is 13.5. The van der Waals surface area contributed by atoms with Crippen LogP contribution in [0.4, 0.5) is 5.69 Å². The van der Waals surface area contributed by atoms with E-state index in [9.17, 15) is 14.9 Å². The third-order valence-electron chi connectivity index (χ3n) is 5.15. The number of thiazole rings is 1. The molecule has 0 unspecified atom stereocenters. The number of aromatic nitrogens is 2. The van der Waals surface area contributed by atoms with Crippen molar-refractivity contribution in [2.24, 2.45) is 0 Å². The lowest BCUT2D eigenvalue weighted by Gasteiger charge is -2.11. The Morgan fingerprint density at radius 1 is 1.09 bits per heavy atom. The van der Waals surface area contributed by atoms with Gasteiger partial charge in [-0.2, -0.15) is 0 Å². The summed E-state index contributed by atoms with van der Waals surface area (Å²) in [6, 6.07) is 19.2. The van der Waals surface area contributed by atoms with Crippen LogP contribution in [0.5, 0.6) is 11.5 Å². The van der Waals surface area contributed by atoms with Crippen LogP contribution >= 0.6 is 11.3 Å². The van der Waals surface area contributed by atoms with Crippen molar-refractivity contribution in [2.45, 2.75) is 6.61 Å². The van der Waals surface area contributed by atoms with Crippen LogP contribution in [0.2, 0.25) is 0 Å². The number of nitrogens with zero attached hydrogens (tertiary/aromatic N) is 3.